The predicted molar refractivity (Wildman–Crippen MR) is 59.6 cm³/mol. The minimum absolute atomic E-state index is 0.573. The fraction of sp³-hybridized carbons (Fsp3) is 0.364. The molecule has 1 aromatic carbocycles. The molecule has 80 valence electrons. The van der Waals surface area contributed by atoms with E-state index < -0.39 is 0 Å². The van der Waals surface area contributed by atoms with Gasteiger partial charge in [0.05, 0.1) is 19.5 Å². The van der Waals surface area contributed by atoms with Gasteiger partial charge in [-0.3, -0.25) is 4.99 Å². The SMILES string of the molecule is COCCOc1ccc2c(c1)NC=NC2. The predicted octanol–water partition coefficient (Wildman–Crippen LogP) is 1.67. The van der Waals surface area contributed by atoms with Crippen LogP contribution in [0.4, 0.5) is 5.69 Å². The first-order chi connectivity index (χ1) is 7.40. The monoisotopic (exact) mass is 206 g/mol. The molecule has 0 amide bonds. The maximum atomic E-state index is 5.50. The number of nitrogens with zero attached hydrogens (tertiary/aromatic N) is 1. The van der Waals surface area contributed by atoms with E-state index in [4.69, 9.17) is 9.47 Å². The van der Waals surface area contributed by atoms with Crippen molar-refractivity contribution >= 4 is 12.0 Å². The zero-order valence-corrected chi connectivity index (χ0v) is 8.69. The quantitative estimate of drug-likeness (QED) is 0.762. The third kappa shape index (κ3) is 2.47. The standard InChI is InChI=1S/C11H14N2O2/c1-14-4-5-15-10-3-2-9-7-12-8-13-11(9)6-10/h2-3,6,8H,4-5,7H2,1H3,(H,12,13). The number of ether oxygens (including phenoxy) is 2. The van der Waals surface area contributed by atoms with E-state index in [0.717, 1.165) is 18.0 Å². The van der Waals surface area contributed by atoms with E-state index in [1.54, 1.807) is 13.4 Å². The van der Waals surface area contributed by atoms with Crippen LogP contribution in [0.3, 0.4) is 0 Å². The van der Waals surface area contributed by atoms with Gasteiger partial charge in [-0.25, -0.2) is 0 Å². The molecule has 15 heavy (non-hydrogen) atoms. The molecule has 0 saturated carbocycles. The minimum Gasteiger partial charge on any atom is -0.491 e. The Morgan fingerprint density at radius 2 is 2.33 bits per heavy atom. The number of hydrogen-bond donors (Lipinski definition) is 1. The summed E-state index contributed by atoms with van der Waals surface area (Å²) in [6, 6.07) is 5.97. The van der Waals surface area contributed by atoms with Crippen LogP contribution >= 0.6 is 0 Å². The number of fused-ring (bicyclic) bond motifs is 1. The Kier molecular flexibility index (Phi) is 3.19. The van der Waals surface area contributed by atoms with Crippen LogP contribution in [0, 0.1) is 0 Å². The molecule has 1 aliphatic rings. The number of aliphatic imine (C=N–C) groups is 1. The smallest absolute Gasteiger partial charge is 0.121 e. The van der Waals surface area contributed by atoms with Crippen LogP contribution in [0.25, 0.3) is 0 Å². The summed E-state index contributed by atoms with van der Waals surface area (Å²) in [6.45, 7) is 1.91. The van der Waals surface area contributed by atoms with E-state index in [9.17, 15) is 0 Å². The summed E-state index contributed by atoms with van der Waals surface area (Å²) in [4.78, 5) is 4.13. The van der Waals surface area contributed by atoms with E-state index in [-0.39, 0.29) is 0 Å². The Bertz CT molecular complexity index is 364. The number of rotatable bonds is 4. The number of nitrogens with one attached hydrogen (secondary N) is 1. The van der Waals surface area contributed by atoms with Crippen molar-refractivity contribution in [2.75, 3.05) is 25.6 Å². The van der Waals surface area contributed by atoms with Crippen molar-refractivity contribution in [1.82, 2.24) is 0 Å². The molecular formula is C11H14N2O2. The molecule has 1 N–H and O–H groups in total. The number of benzene rings is 1. The van der Waals surface area contributed by atoms with Crippen LogP contribution in [0.2, 0.25) is 0 Å². The highest BCUT2D eigenvalue weighted by Gasteiger charge is 2.06. The first-order valence-corrected chi connectivity index (χ1v) is 4.89. The Labute approximate surface area is 88.9 Å². The fourth-order valence-corrected chi connectivity index (χ4v) is 1.42. The topological polar surface area (TPSA) is 42.9 Å². The van der Waals surface area contributed by atoms with Crippen molar-refractivity contribution in [1.29, 1.82) is 0 Å². The first kappa shape index (κ1) is 9.98. The van der Waals surface area contributed by atoms with Crippen molar-refractivity contribution < 1.29 is 9.47 Å². The van der Waals surface area contributed by atoms with Gasteiger partial charge in [0.2, 0.25) is 0 Å². The zero-order chi connectivity index (χ0) is 10.5. The normalized spacial score (nSPS) is 13.1. The van der Waals surface area contributed by atoms with Crippen molar-refractivity contribution in [2.45, 2.75) is 6.54 Å². The second kappa shape index (κ2) is 4.79. The van der Waals surface area contributed by atoms with E-state index in [1.807, 2.05) is 18.2 Å². The van der Waals surface area contributed by atoms with E-state index in [2.05, 4.69) is 10.3 Å². The molecule has 0 saturated heterocycles. The van der Waals surface area contributed by atoms with Gasteiger partial charge in [-0.1, -0.05) is 6.07 Å². The maximum Gasteiger partial charge on any atom is 0.121 e. The van der Waals surface area contributed by atoms with Crippen LogP contribution in [0.15, 0.2) is 23.2 Å². The lowest BCUT2D eigenvalue weighted by Gasteiger charge is -2.14. The molecule has 0 bridgehead atoms. The van der Waals surface area contributed by atoms with E-state index in [0.29, 0.717) is 13.2 Å². The molecule has 4 heteroatoms. The van der Waals surface area contributed by atoms with Gasteiger partial charge >= 0.3 is 0 Å². The first-order valence-electron chi connectivity index (χ1n) is 4.89. The van der Waals surface area contributed by atoms with Gasteiger partial charge in [0.15, 0.2) is 0 Å². The number of methoxy groups -OCH3 is 1. The van der Waals surface area contributed by atoms with Crippen LogP contribution < -0.4 is 10.1 Å². The number of hydrogen-bond acceptors (Lipinski definition) is 4. The molecule has 0 atom stereocenters. The van der Waals surface area contributed by atoms with Crippen LogP contribution in [0.5, 0.6) is 5.75 Å². The second-order valence-corrected chi connectivity index (χ2v) is 3.27. The van der Waals surface area contributed by atoms with Gasteiger partial charge in [-0.05, 0) is 11.6 Å². The molecule has 2 rings (SSSR count). The summed E-state index contributed by atoms with van der Waals surface area (Å²) in [6.07, 6.45) is 1.71. The lowest BCUT2D eigenvalue weighted by molar-refractivity contribution is 0.146. The van der Waals surface area contributed by atoms with E-state index >= 15 is 0 Å². The lowest BCUT2D eigenvalue weighted by Crippen LogP contribution is -2.07. The van der Waals surface area contributed by atoms with Gasteiger partial charge in [0, 0.05) is 18.9 Å². The molecule has 0 aliphatic carbocycles. The molecule has 0 fully saturated rings. The average molecular weight is 206 g/mol. The molecule has 0 radical (unpaired) electrons. The molecule has 0 aromatic heterocycles. The summed E-state index contributed by atoms with van der Waals surface area (Å²) in [5, 5.41) is 3.09. The highest BCUT2D eigenvalue weighted by atomic mass is 16.5. The summed E-state index contributed by atoms with van der Waals surface area (Å²) in [5.74, 6) is 0.855. The minimum atomic E-state index is 0.573. The molecule has 1 aromatic rings. The van der Waals surface area contributed by atoms with Crippen molar-refractivity contribution in [2.24, 2.45) is 4.99 Å². The summed E-state index contributed by atoms with van der Waals surface area (Å²) < 4.78 is 10.4. The van der Waals surface area contributed by atoms with Crippen molar-refractivity contribution in [3.8, 4) is 5.75 Å². The van der Waals surface area contributed by atoms with Gasteiger partial charge in [-0.2, -0.15) is 0 Å². The van der Waals surface area contributed by atoms with Gasteiger partial charge in [0.25, 0.3) is 0 Å². The molecular weight excluding hydrogens is 192 g/mol. The van der Waals surface area contributed by atoms with Crippen LogP contribution in [-0.2, 0) is 11.3 Å². The van der Waals surface area contributed by atoms with Crippen LogP contribution in [0.1, 0.15) is 5.56 Å². The summed E-state index contributed by atoms with van der Waals surface area (Å²) in [5.41, 5.74) is 2.26. The third-order valence-corrected chi connectivity index (χ3v) is 2.21. The summed E-state index contributed by atoms with van der Waals surface area (Å²) >= 11 is 0. The lowest BCUT2D eigenvalue weighted by atomic mass is 10.1. The molecule has 1 aliphatic heterocycles. The Balaban J connectivity index is 2.02. The van der Waals surface area contributed by atoms with E-state index in [1.165, 1.54) is 5.56 Å². The third-order valence-electron chi connectivity index (χ3n) is 2.21. The van der Waals surface area contributed by atoms with Gasteiger partial charge in [0.1, 0.15) is 12.4 Å². The van der Waals surface area contributed by atoms with Crippen molar-refractivity contribution in [3.63, 3.8) is 0 Å². The Morgan fingerprint density at radius 1 is 1.40 bits per heavy atom. The summed E-state index contributed by atoms with van der Waals surface area (Å²) in [7, 11) is 1.66. The largest absolute Gasteiger partial charge is 0.491 e. The second-order valence-electron chi connectivity index (χ2n) is 3.27. The Hall–Kier alpha value is -1.55. The fourth-order valence-electron chi connectivity index (χ4n) is 1.42. The Morgan fingerprint density at radius 3 is 3.20 bits per heavy atom. The highest BCUT2D eigenvalue weighted by Crippen LogP contribution is 2.24. The van der Waals surface area contributed by atoms with Gasteiger partial charge < -0.3 is 14.8 Å². The average Bonchev–Trinajstić information content (AvgIpc) is 2.29. The van der Waals surface area contributed by atoms with Crippen molar-refractivity contribution in [3.05, 3.63) is 23.8 Å². The number of anilines is 1. The molecule has 4 nitrogen and oxygen atoms in total. The maximum absolute atomic E-state index is 5.50. The molecule has 1 heterocycles. The van der Waals surface area contributed by atoms with Gasteiger partial charge in [-0.15, -0.1) is 0 Å². The zero-order valence-electron chi connectivity index (χ0n) is 8.69. The molecule has 0 spiro atoms. The highest BCUT2D eigenvalue weighted by molar-refractivity contribution is 5.80. The molecule has 0 unspecified atom stereocenters. The van der Waals surface area contributed by atoms with Crippen LogP contribution in [-0.4, -0.2) is 26.7 Å².